The Morgan fingerprint density at radius 1 is 1.19 bits per heavy atom. The average molecular weight is 281 g/mol. The van der Waals surface area contributed by atoms with Gasteiger partial charge in [-0.05, 0) is 30.7 Å². The van der Waals surface area contributed by atoms with Crippen LogP contribution in [0.2, 0.25) is 0 Å². The number of fused-ring (bicyclic) bond motifs is 1. The molecule has 21 heavy (non-hydrogen) atoms. The number of nitrogens with zero attached hydrogens (tertiary/aromatic N) is 2. The van der Waals surface area contributed by atoms with Crippen molar-refractivity contribution < 1.29 is 5.11 Å². The molecule has 0 radical (unpaired) electrons. The molecule has 2 aromatic carbocycles. The molecule has 1 aromatic heterocycles. The number of aromatic nitrogens is 2. The summed E-state index contributed by atoms with van der Waals surface area (Å²) < 4.78 is 1.97. The minimum Gasteiger partial charge on any atom is -0.399 e. The summed E-state index contributed by atoms with van der Waals surface area (Å²) in [5.41, 5.74) is 9.29. The Labute approximate surface area is 123 Å². The van der Waals surface area contributed by atoms with Gasteiger partial charge in [0.2, 0.25) is 0 Å². The molecular weight excluding hydrogens is 262 g/mol. The third-order valence-electron chi connectivity index (χ3n) is 3.72. The molecule has 4 nitrogen and oxygen atoms in total. The zero-order valence-electron chi connectivity index (χ0n) is 12.0. The van der Waals surface area contributed by atoms with Crippen LogP contribution in [-0.2, 0) is 13.0 Å². The molecule has 0 saturated carbocycles. The number of rotatable bonds is 4. The van der Waals surface area contributed by atoms with E-state index in [1.54, 1.807) is 0 Å². The summed E-state index contributed by atoms with van der Waals surface area (Å²) in [4.78, 5) is 0. The second-order valence-corrected chi connectivity index (χ2v) is 5.17. The number of nitrogen functional groups attached to an aromatic ring is 1. The van der Waals surface area contributed by atoms with E-state index in [9.17, 15) is 5.11 Å². The molecule has 0 fully saturated rings. The first-order valence-electron chi connectivity index (χ1n) is 7.17. The highest BCUT2D eigenvalue weighted by atomic mass is 16.3. The molecule has 0 saturated heterocycles. The van der Waals surface area contributed by atoms with Crippen molar-refractivity contribution in [2.75, 3.05) is 5.73 Å². The molecule has 3 rings (SSSR count). The van der Waals surface area contributed by atoms with Gasteiger partial charge in [0.25, 0.3) is 0 Å². The molecule has 1 atom stereocenters. The monoisotopic (exact) mass is 281 g/mol. The van der Waals surface area contributed by atoms with Crippen molar-refractivity contribution in [3.8, 4) is 0 Å². The van der Waals surface area contributed by atoms with Crippen LogP contribution in [0, 0.1) is 0 Å². The van der Waals surface area contributed by atoms with Gasteiger partial charge in [-0.2, -0.15) is 5.10 Å². The van der Waals surface area contributed by atoms with E-state index in [4.69, 9.17) is 5.73 Å². The highest BCUT2D eigenvalue weighted by molar-refractivity contribution is 5.82. The molecule has 1 unspecified atom stereocenters. The van der Waals surface area contributed by atoms with Crippen molar-refractivity contribution in [2.45, 2.75) is 26.0 Å². The highest BCUT2D eigenvalue weighted by Gasteiger charge is 2.15. The molecule has 3 aromatic rings. The Hall–Kier alpha value is -2.33. The standard InChI is InChI=1S/C17H19N3O/c1-2-20-16-9-4-3-8-14(16)15(19-20)11-17(21)12-6-5-7-13(18)10-12/h3-10,17,21H,2,11,18H2,1H3. The number of hydrogen-bond acceptors (Lipinski definition) is 3. The fourth-order valence-electron chi connectivity index (χ4n) is 2.66. The van der Waals surface area contributed by atoms with Crippen molar-refractivity contribution in [3.63, 3.8) is 0 Å². The summed E-state index contributed by atoms with van der Waals surface area (Å²) >= 11 is 0. The van der Waals surface area contributed by atoms with Crippen molar-refractivity contribution in [2.24, 2.45) is 0 Å². The molecule has 4 heteroatoms. The lowest BCUT2D eigenvalue weighted by atomic mass is 10.0. The van der Waals surface area contributed by atoms with Crippen LogP contribution in [0.3, 0.4) is 0 Å². The number of aliphatic hydroxyl groups is 1. The Balaban J connectivity index is 1.94. The number of aryl methyl sites for hydroxylation is 1. The Kier molecular flexibility index (Phi) is 3.62. The molecule has 0 spiro atoms. The first-order chi connectivity index (χ1) is 10.2. The predicted molar refractivity (Wildman–Crippen MR) is 84.9 cm³/mol. The molecule has 108 valence electrons. The third kappa shape index (κ3) is 2.62. The minimum absolute atomic E-state index is 0.483. The maximum Gasteiger partial charge on any atom is 0.0847 e. The van der Waals surface area contributed by atoms with Crippen LogP contribution in [0.1, 0.15) is 24.3 Å². The highest BCUT2D eigenvalue weighted by Crippen LogP contribution is 2.25. The Bertz CT molecular complexity index is 764. The van der Waals surface area contributed by atoms with E-state index in [2.05, 4.69) is 24.2 Å². The van der Waals surface area contributed by atoms with Crippen molar-refractivity contribution >= 4 is 16.6 Å². The van der Waals surface area contributed by atoms with Crippen LogP contribution in [-0.4, -0.2) is 14.9 Å². The number of para-hydroxylation sites is 1. The fourth-order valence-corrected chi connectivity index (χ4v) is 2.66. The SMILES string of the molecule is CCn1nc(CC(O)c2cccc(N)c2)c2ccccc21. The number of aliphatic hydroxyl groups excluding tert-OH is 1. The van der Waals surface area contributed by atoms with Gasteiger partial charge in [0.1, 0.15) is 0 Å². The zero-order valence-corrected chi connectivity index (χ0v) is 12.0. The smallest absolute Gasteiger partial charge is 0.0847 e. The number of benzene rings is 2. The van der Waals surface area contributed by atoms with E-state index < -0.39 is 6.10 Å². The number of nitrogens with two attached hydrogens (primary N) is 1. The number of anilines is 1. The van der Waals surface area contributed by atoms with Gasteiger partial charge in [0.05, 0.1) is 17.3 Å². The summed E-state index contributed by atoms with van der Waals surface area (Å²) in [5.74, 6) is 0. The number of hydrogen-bond donors (Lipinski definition) is 2. The summed E-state index contributed by atoms with van der Waals surface area (Å²) in [7, 11) is 0. The van der Waals surface area contributed by atoms with Gasteiger partial charge in [-0.25, -0.2) is 0 Å². The van der Waals surface area contributed by atoms with E-state index in [1.165, 1.54) is 0 Å². The summed E-state index contributed by atoms with van der Waals surface area (Å²) in [6.07, 6.45) is -0.117. The molecule has 0 aliphatic rings. The van der Waals surface area contributed by atoms with E-state index in [0.29, 0.717) is 12.1 Å². The largest absolute Gasteiger partial charge is 0.399 e. The summed E-state index contributed by atoms with van der Waals surface area (Å²) in [5, 5.41) is 16.2. The normalized spacial score (nSPS) is 12.7. The molecule has 1 heterocycles. The molecule has 3 N–H and O–H groups in total. The van der Waals surface area contributed by atoms with Gasteiger partial charge in [-0.15, -0.1) is 0 Å². The molecule has 0 aliphatic heterocycles. The quantitative estimate of drug-likeness (QED) is 0.723. The second kappa shape index (κ2) is 5.58. The lowest BCUT2D eigenvalue weighted by Crippen LogP contribution is -2.04. The van der Waals surface area contributed by atoms with Gasteiger partial charge in [-0.1, -0.05) is 30.3 Å². The minimum atomic E-state index is -0.600. The second-order valence-electron chi connectivity index (χ2n) is 5.17. The van der Waals surface area contributed by atoms with Gasteiger partial charge in [0, 0.05) is 24.0 Å². The van der Waals surface area contributed by atoms with Crippen LogP contribution in [0.5, 0.6) is 0 Å². The summed E-state index contributed by atoms with van der Waals surface area (Å²) in [6.45, 7) is 2.88. The average Bonchev–Trinajstić information content (AvgIpc) is 2.85. The molecular formula is C17H19N3O. The van der Waals surface area contributed by atoms with Crippen LogP contribution in [0.4, 0.5) is 5.69 Å². The maximum atomic E-state index is 10.4. The third-order valence-corrected chi connectivity index (χ3v) is 3.72. The van der Waals surface area contributed by atoms with E-state index in [0.717, 1.165) is 28.7 Å². The Morgan fingerprint density at radius 3 is 2.76 bits per heavy atom. The van der Waals surface area contributed by atoms with Crippen LogP contribution >= 0.6 is 0 Å². The van der Waals surface area contributed by atoms with Crippen LogP contribution in [0.15, 0.2) is 48.5 Å². The lowest BCUT2D eigenvalue weighted by Gasteiger charge is -2.10. The predicted octanol–water partition coefficient (Wildman–Crippen LogP) is 2.91. The molecule has 0 bridgehead atoms. The summed E-state index contributed by atoms with van der Waals surface area (Å²) in [6, 6.07) is 15.5. The van der Waals surface area contributed by atoms with Gasteiger partial charge < -0.3 is 10.8 Å². The fraction of sp³-hybridized carbons (Fsp3) is 0.235. The lowest BCUT2D eigenvalue weighted by molar-refractivity contribution is 0.177. The molecule has 0 amide bonds. The topological polar surface area (TPSA) is 64.1 Å². The zero-order chi connectivity index (χ0) is 14.8. The van der Waals surface area contributed by atoms with E-state index in [1.807, 2.05) is 41.1 Å². The van der Waals surface area contributed by atoms with Crippen LogP contribution in [0.25, 0.3) is 10.9 Å². The van der Waals surface area contributed by atoms with Gasteiger partial charge in [0.15, 0.2) is 0 Å². The van der Waals surface area contributed by atoms with Crippen molar-refractivity contribution in [1.82, 2.24) is 9.78 Å². The maximum absolute atomic E-state index is 10.4. The van der Waals surface area contributed by atoms with Gasteiger partial charge >= 0.3 is 0 Å². The first kappa shape index (κ1) is 13.6. The van der Waals surface area contributed by atoms with E-state index in [-0.39, 0.29) is 0 Å². The first-order valence-corrected chi connectivity index (χ1v) is 7.17. The van der Waals surface area contributed by atoms with Gasteiger partial charge in [-0.3, -0.25) is 4.68 Å². The van der Waals surface area contributed by atoms with Crippen LogP contribution < -0.4 is 5.73 Å². The molecule has 0 aliphatic carbocycles. The Morgan fingerprint density at radius 2 is 2.00 bits per heavy atom. The van der Waals surface area contributed by atoms with Crippen molar-refractivity contribution in [3.05, 3.63) is 59.8 Å². The van der Waals surface area contributed by atoms with Crippen molar-refractivity contribution in [1.29, 1.82) is 0 Å². The van der Waals surface area contributed by atoms with E-state index >= 15 is 0 Å².